The largest absolute Gasteiger partial charge is 0.463 e. The van der Waals surface area contributed by atoms with Crippen LogP contribution in [-0.4, -0.2) is 12.1 Å². The van der Waals surface area contributed by atoms with E-state index in [1.807, 2.05) is 0 Å². The van der Waals surface area contributed by atoms with Crippen molar-refractivity contribution in [2.45, 2.75) is 0 Å². The number of hydrogen-bond donors (Lipinski definition) is 1. The van der Waals surface area contributed by atoms with Gasteiger partial charge in [0.05, 0.1) is 6.26 Å². The molecule has 0 radical (unpaired) electrons. The van der Waals surface area contributed by atoms with E-state index in [9.17, 15) is 4.79 Å². The Balaban J connectivity index is 2.49. The number of ether oxygens (including phenoxy) is 1. The maximum absolute atomic E-state index is 10.9. The summed E-state index contributed by atoms with van der Waals surface area (Å²) in [4.78, 5) is 15.0. The molecule has 0 fully saturated rings. The highest BCUT2D eigenvalue weighted by Crippen LogP contribution is 2.29. The SMILES string of the molecule is NC(=O)c1ccc2c(c1)OC=CC=N2. The molecule has 70 valence electrons. The van der Waals surface area contributed by atoms with Crippen molar-refractivity contribution in [1.82, 2.24) is 0 Å². The van der Waals surface area contributed by atoms with Crippen LogP contribution in [-0.2, 0) is 0 Å². The summed E-state index contributed by atoms with van der Waals surface area (Å²) in [6.07, 6.45) is 4.79. The van der Waals surface area contributed by atoms with Gasteiger partial charge in [-0.15, -0.1) is 0 Å². The lowest BCUT2D eigenvalue weighted by Gasteiger charge is -2.03. The van der Waals surface area contributed by atoms with E-state index in [4.69, 9.17) is 10.5 Å². The van der Waals surface area contributed by atoms with Crippen LogP contribution in [0.2, 0.25) is 0 Å². The van der Waals surface area contributed by atoms with Crippen LogP contribution in [0, 0.1) is 0 Å². The fourth-order valence-corrected chi connectivity index (χ4v) is 1.14. The lowest BCUT2D eigenvalue weighted by atomic mass is 10.2. The lowest BCUT2D eigenvalue weighted by molar-refractivity contribution is 0.1000. The number of primary amides is 1. The Kier molecular flexibility index (Phi) is 2.02. The van der Waals surface area contributed by atoms with Gasteiger partial charge in [0.25, 0.3) is 0 Å². The Morgan fingerprint density at radius 2 is 2.29 bits per heavy atom. The highest BCUT2D eigenvalue weighted by Gasteiger charge is 2.07. The molecule has 0 bridgehead atoms. The number of carbonyl (C=O) groups excluding carboxylic acids is 1. The number of fused-ring (bicyclic) bond motifs is 1. The maximum Gasteiger partial charge on any atom is 0.248 e. The molecule has 4 heteroatoms. The Bertz CT molecular complexity index is 436. The number of rotatable bonds is 1. The summed E-state index contributed by atoms with van der Waals surface area (Å²) >= 11 is 0. The molecule has 2 N–H and O–H groups in total. The number of allylic oxidation sites excluding steroid dienone is 1. The molecule has 1 aliphatic heterocycles. The monoisotopic (exact) mass is 188 g/mol. The van der Waals surface area contributed by atoms with Crippen molar-refractivity contribution in [3.8, 4) is 5.75 Å². The van der Waals surface area contributed by atoms with Gasteiger partial charge in [0, 0.05) is 11.8 Å². The Morgan fingerprint density at radius 1 is 1.43 bits per heavy atom. The fourth-order valence-electron chi connectivity index (χ4n) is 1.14. The molecule has 0 atom stereocenters. The van der Waals surface area contributed by atoms with Crippen molar-refractivity contribution in [3.05, 3.63) is 36.1 Å². The van der Waals surface area contributed by atoms with Crippen LogP contribution in [0.3, 0.4) is 0 Å². The first kappa shape index (κ1) is 8.50. The molecule has 4 nitrogen and oxygen atoms in total. The number of benzene rings is 1. The number of carbonyl (C=O) groups is 1. The van der Waals surface area contributed by atoms with E-state index in [1.165, 1.54) is 6.26 Å². The molecule has 0 saturated carbocycles. The molecule has 1 aliphatic rings. The number of amides is 1. The van der Waals surface area contributed by atoms with Crippen molar-refractivity contribution in [1.29, 1.82) is 0 Å². The first-order valence-corrected chi connectivity index (χ1v) is 4.07. The average molecular weight is 188 g/mol. The van der Waals surface area contributed by atoms with E-state index in [0.717, 1.165) is 0 Å². The molecule has 1 aromatic rings. The normalized spacial score (nSPS) is 12.9. The first-order valence-electron chi connectivity index (χ1n) is 4.07. The number of nitrogens with two attached hydrogens (primary N) is 1. The van der Waals surface area contributed by atoms with Crippen LogP contribution in [0.1, 0.15) is 10.4 Å². The quantitative estimate of drug-likeness (QED) is 0.723. The van der Waals surface area contributed by atoms with Crippen molar-refractivity contribution >= 4 is 17.8 Å². The van der Waals surface area contributed by atoms with Gasteiger partial charge in [-0.1, -0.05) is 0 Å². The highest BCUT2D eigenvalue weighted by atomic mass is 16.5. The van der Waals surface area contributed by atoms with Crippen LogP contribution >= 0.6 is 0 Å². The fraction of sp³-hybridized carbons (Fsp3) is 0. The van der Waals surface area contributed by atoms with Gasteiger partial charge in [-0.2, -0.15) is 0 Å². The second-order valence-electron chi connectivity index (χ2n) is 2.77. The van der Waals surface area contributed by atoms with Crippen LogP contribution in [0.15, 0.2) is 35.5 Å². The number of nitrogens with zero attached hydrogens (tertiary/aromatic N) is 1. The minimum absolute atomic E-state index is 0.411. The van der Waals surface area contributed by atoms with Crippen molar-refractivity contribution in [2.24, 2.45) is 10.7 Å². The van der Waals surface area contributed by atoms with Crippen LogP contribution in [0.5, 0.6) is 5.75 Å². The highest BCUT2D eigenvalue weighted by molar-refractivity contribution is 5.94. The number of aliphatic imine (C=N–C) groups is 1. The summed E-state index contributed by atoms with van der Waals surface area (Å²) in [6, 6.07) is 4.89. The molecule has 0 aliphatic carbocycles. The predicted octanol–water partition coefficient (Wildman–Crippen LogP) is 1.39. The standard InChI is InChI=1S/C10H8N2O2/c11-10(13)7-2-3-8-9(6-7)14-5-1-4-12-8/h1-6H,(H2,11,13). The second-order valence-corrected chi connectivity index (χ2v) is 2.77. The third-order valence-corrected chi connectivity index (χ3v) is 1.82. The predicted molar refractivity (Wildman–Crippen MR) is 52.9 cm³/mol. The average Bonchev–Trinajstić information content (AvgIpc) is 2.41. The van der Waals surface area contributed by atoms with E-state index in [0.29, 0.717) is 17.0 Å². The summed E-state index contributed by atoms with van der Waals surface area (Å²) in [5, 5.41) is 0. The molecule has 1 heterocycles. The van der Waals surface area contributed by atoms with E-state index >= 15 is 0 Å². The zero-order valence-electron chi connectivity index (χ0n) is 7.31. The topological polar surface area (TPSA) is 64.7 Å². The molecule has 1 amide bonds. The van der Waals surface area contributed by atoms with E-state index in [1.54, 1.807) is 30.5 Å². The molecular weight excluding hydrogens is 180 g/mol. The summed E-state index contributed by atoms with van der Waals surface area (Å²) in [6.45, 7) is 0. The van der Waals surface area contributed by atoms with Gasteiger partial charge in [0.1, 0.15) is 5.69 Å². The Labute approximate surface area is 80.7 Å². The minimum atomic E-state index is -0.478. The summed E-state index contributed by atoms with van der Waals surface area (Å²) in [7, 11) is 0. The molecule has 0 saturated heterocycles. The smallest absolute Gasteiger partial charge is 0.248 e. The van der Waals surface area contributed by atoms with Gasteiger partial charge >= 0.3 is 0 Å². The first-order chi connectivity index (χ1) is 6.77. The van der Waals surface area contributed by atoms with Crippen LogP contribution < -0.4 is 10.5 Å². The van der Waals surface area contributed by atoms with Crippen molar-refractivity contribution in [2.75, 3.05) is 0 Å². The Hall–Kier alpha value is -2.10. The third kappa shape index (κ3) is 1.50. The molecule has 0 unspecified atom stereocenters. The van der Waals surface area contributed by atoms with Gasteiger partial charge in [-0.25, -0.2) is 0 Å². The van der Waals surface area contributed by atoms with E-state index < -0.39 is 5.91 Å². The molecule has 0 spiro atoms. The van der Waals surface area contributed by atoms with E-state index in [-0.39, 0.29) is 0 Å². The van der Waals surface area contributed by atoms with Gasteiger partial charge in [0.15, 0.2) is 5.75 Å². The van der Waals surface area contributed by atoms with Gasteiger partial charge in [-0.3, -0.25) is 9.79 Å². The zero-order chi connectivity index (χ0) is 9.97. The summed E-state index contributed by atoms with van der Waals surface area (Å²) in [5.74, 6) is 0.0555. The van der Waals surface area contributed by atoms with Gasteiger partial charge in [0.2, 0.25) is 5.91 Å². The van der Waals surface area contributed by atoms with E-state index in [2.05, 4.69) is 4.99 Å². The van der Waals surface area contributed by atoms with Crippen LogP contribution in [0.25, 0.3) is 0 Å². The summed E-state index contributed by atoms with van der Waals surface area (Å²) in [5.41, 5.74) is 6.23. The molecule has 14 heavy (non-hydrogen) atoms. The summed E-state index contributed by atoms with van der Waals surface area (Å²) < 4.78 is 5.23. The molecular formula is C10H8N2O2. The van der Waals surface area contributed by atoms with Crippen molar-refractivity contribution < 1.29 is 9.53 Å². The maximum atomic E-state index is 10.9. The lowest BCUT2D eigenvalue weighted by Crippen LogP contribution is -2.10. The second kappa shape index (κ2) is 3.33. The molecule has 0 aromatic heterocycles. The van der Waals surface area contributed by atoms with Crippen LogP contribution in [0.4, 0.5) is 5.69 Å². The zero-order valence-corrected chi connectivity index (χ0v) is 7.31. The van der Waals surface area contributed by atoms with Gasteiger partial charge < -0.3 is 10.5 Å². The molecule has 1 aromatic carbocycles. The molecule has 2 rings (SSSR count). The van der Waals surface area contributed by atoms with Gasteiger partial charge in [-0.05, 0) is 24.3 Å². The number of hydrogen-bond acceptors (Lipinski definition) is 3. The minimum Gasteiger partial charge on any atom is -0.463 e. The van der Waals surface area contributed by atoms with Crippen molar-refractivity contribution in [3.63, 3.8) is 0 Å². The third-order valence-electron chi connectivity index (χ3n) is 1.82. The Morgan fingerprint density at radius 3 is 3.07 bits per heavy atom.